The topological polar surface area (TPSA) is 303 Å². The van der Waals surface area contributed by atoms with Gasteiger partial charge in [0, 0.05) is 12.8 Å². The van der Waals surface area contributed by atoms with Crippen LogP contribution in [0.1, 0.15) is 194 Å². The summed E-state index contributed by atoms with van der Waals surface area (Å²) < 4.78 is 65.5. The summed E-state index contributed by atoms with van der Waals surface area (Å²) in [6, 6.07) is 0. The Labute approximate surface area is 398 Å². The molecule has 0 amide bonds. The number of allylic oxidation sites excluding steroid dienone is 4. The zero-order chi connectivity index (χ0) is 50.0. The van der Waals surface area contributed by atoms with Crippen molar-refractivity contribution in [2.75, 3.05) is 13.2 Å². The van der Waals surface area contributed by atoms with Crippen LogP contribution < -0.4 is 0 Å². The average Bonchev–Trinajstić information content (AvgIpc) is 3.25. The number of phosphoric ester groups is 3. The molecule has 0 radical (unpaired) electrons. The minimum Gasteiger partial charge on any atom is -0.462 e. The highest BCUT2D eigenvalue weighted by Crippen LogP contribution is 2.51. The Hall–Kier alpha value is -1.37. The molecule has 1 aliphatic carbocycles. The predicted octanol–water partition coefficient (Wildman–Crippen LogP) is 9.07. The van der Waals surface area contributed by atoms with Crippen molar-refractivity contribution in [1.29, 1.82) is 0 Å². The van der Waals surface area contributed by atoms with Crippen LogP contribution >= 0.6 is 23.5 Å². The van der Waals surface area contributed by atoms with E-state index < -0.39 is 91.3 Å². The van der Waals surface area contributed by atoms with Gasteiger partial charge in [-0.3, -0.25) is 27.7 Å². The molecule has 8 N–H and O–H groups in total. The van der Waals surface area contributed by atoms with Crippen molar-refractivity contribution in [2.45, 2.75) is 236 Å². The minimum absolute atomic E-state index is 0.00824. The van der Waals surface area contributed by atoms with Gasteiger partial charge in [0.05, 0.1) is 6.61 Å². The molecule has 0 aromatic heterocycles. The third kappa shape index (κ3) is 33.8. The molecule has 0 aliphatic heterocycles. The van der Waals surface area contributed by atoms with E-state index in [0.29, 0.717) is 12.8 Å². The first-order valence-electron chi connectivity index (χ1n) is 24.6. The molecule has 0 heterocycles. The molecule has 0 spiro atoms. The maximum atomic E-state index is 13.1. The number of carbonyl (C=O) groups excluding carboxylic acids is 2. The van der Waals surface area contributed by atoms with Gasteiger partial charge in [-0.05, 0) is 44.9 Å². The highest BCUT2D eigenvalue weighted by molar-refractivity contribution is 7.47. The second-order valence-electron chi connectivity index (χ2n) is 17.4. The quantitative estimate of drug-likeness (QED) is 0.0122. The number of hydrogen-bond acceptors (Lipinski definition) is 14. The van der Waals surface area contributed by atoms with E-state index in [2.05, 4.69) is 47.2 Å². The summed E-state index contributed by atoms with van der Waals surface area (Å²) in [5.41, 5.74) is 0. The number of unbranched alkanes of at least 4 members (excludes halogenated alkanes) is 22. The first-order valence-corrected chi connectivity index (χ1v) is 29.2. The van der Waals surface area contributed by atoms with Crippen LogP contribution in [0.3, 0.4) is 0 Å². The van der Waals surface area contributed by atoms with Gasteiger partial charge in [0.25, 0.3) is 0 Å². The van der Waals surface area contributed by atoms with Crippen LogP contribution in [0.25, 0.3) is 0 Å². The van der Waals surface area contributed by atoms with E-state index in [1.54, 1.807) is 0 Å². The van der Waals surface area contributed by atoms with Gasteiger partial charge in [-0.25, -0.2) is 13.7 Å². The second-order valence-corrected chi connectivity index (χ2v) is 21.2. The SMILES string of the molecule is CCCCCC=CCC=CCCCCCCCCCC(=O)OC(COC(=O)CCCCCCCCCCCCCCC)COP(=O)(O)OC1C(O)C(O)C(OP(=O)(O)O)C(OP(=O)(O)O)C1O. The number of rotatable bonds is 42. The van der Waals surface area contributed by atoms with Crippen LogP contribution in [0.2, 0.25) is 0 Å². The molecule has 394 valence electrons. The fraction of sp³-hybridized carbons (Fsp3) is 0.867. The van der Waals surface area contributed by atoms with Crippen LogP contribution in [0.15, 0.2) is 24.3 Å². The number of phosphoric acid groups is 3. The summed E-state index contributed by atoms with van der Waals surface area (Å²) in [6.45, 7) is 2.92. The third-order valence-corrected chi connectivity index (χ3v) is 13.3. The Kier molecular flexibility index (Phi) is 35.5. The summed E-state index contributed by atoms with van der Waals surface area (Å²) >= 11 is 0. The number of hydrogen-bond donors (Lipinski definition) is 8. The fourth-order valence-corrected chi connectivity index (χ4v) is 9.65. The number of aliphatic hydroxyl groups is 3. The first kappa shape index (κ1) is 63.6. The summed E-state index contributed by atoms with van der Waals surface area (Å²) in [7, 11) is -16.6. The van der Waals surface area contributed by atoms with E-state index in [1.807, 2.05) is 0 Å². The molecule has 1 saturated carbocycles. The predicted molar refractivity (Wildman–Crippen MR) is 252 cm³/mol. The molecule has 19 nitrogen and oxygen atoms in total. The van der Waals surface area contributed by atoms with E-state index >= 15 is 0 Å². The lowest BCUT2D eigenvalue weighted by Crippen LogP contribution is -2.65. The molecule has 22 heteroatoms. The average molecular weight is 1020 g/mol. The number of esters is 2. The summed E-state index contributed by atoms with van der Waals surface area (Å²) in [5, 5.41) is 31.9. The minimum atomic E-state index is -5.60. The lowest BCUT2D eigenvalue weighted by atomic mass is 9.85. The molecular formula is C45H85O19P3. The lowest BCUT2D eigenvalue weighted by molar-refractivity contribution is -0.213. The molecule has 1 rings (SSSR count). The van der Waals surface area contributed by atoms with Crippen molar-refractivity contribution in [3.05, 3.63) is 24.3 Å². The zero-order valence-corrected chi connectivity index (χ0v) is 42.7. The van der Waals surface area contributed by atoms with Crippen LogP contribution in [0.4, 0.5) is 0 Å². The van der Waals surface area contributed by atoms with Gasteiger partial charge in [-0.2, -0.15) is 0 Å². The van der Waals surface area contributed by atoms with Crippen LogP contribution in [0.5, 0.6) is 0 Å². The monoisotopic (exact) mass is 1020 g/mol. The smallest absolute Gasteiger partial charge is 0.462 e. The molecule has 67 heavy (non-hydrogen) atoms. The highest BCUT2D eigenvalue weighted by atomic mass is 31.2. The molecule has 1 aliphatic rings. The van der Waals surface area contributed by atoms with Gasteiger partial charge in [-0.1, -0.05) is 160 Å². The molecule has 1 fully saturated rings. The Balaban J connectivity index is 2.71. The highest BCUT2D eigenvalue weighted by Gasteiger charge is 2.56. The molecular weight excluding hydrogens is 937 g/mol. The fourth-order valence-electron chi connectivity index (χ4n) is 7.55. The Morgan fingerprint density at radius 1 is 0.478 bits per heavy atom. The van der Waals surface area contributed by atoms with E-state index in [4.69, 9.17) is 18.5 Å². The van der Waals surface area contributed by atoms with E-state index in [1.165, 1.54) is 70.6 Å². The maximum Gasteiger partial charge on any atom is 0.472 e. The van der Waals surface area contributed by atoms with Gasteiger partial charge in [-0.15, -0.1) is 0 Å². The van der Waals surface area contributed by atoms with Crippen LogP contribution in [0, 0.1) is 0 Å². The van der Waals surface area contributed by atoms with Crippen molar-refractivity contribution in [3.8, 4) is 0 Å². The van der Waals surface area contributed by atoms with E-state index in [0.717, 1.165) is 83.5 Å². The van der Waals surface area contributed by atoms with E-state index in [-0.39, 0.29) is 12.8 Å². The largest absolute Gasteiger partial charge is 0.472 e. The third-order valence-electron chi connectivity index (χ3n) is 11.3. The lowest BCUT2D eigenvalue weighted by Gasteiger charge is -2.44. The summed E-state index contributed by atoms with van der Waals surface area (Å²) in [6.07, 6.45) is 20.4. The molecule has 8 unspecified atom stereocenters. The van der Waals surface area contributed by atoms with Gasteiger partial charge < -0.3 is 49.3 Å². The van der Waals surface area contributed by atoms with Crippen molar-refractivity contribution < 1.29 is 90.6 Å². The zero-order valence-electron chi connectivity index (χ0n) is 40.0. The molecule has 0 aromatic rings. The first-order chi connectivity index (χ1) is 31.8. The summed E-state index contributed by atoms with van der Waals surface area (Å²) in [4.78, 5) is 73.2. The van der Waals surface area contributed by atoms with Crippen molar-refractivity contribution in [1.82, 2.24) is 0 Å². The van der Waals surface area contributed by atoms with Crippen molar-refractivity contribution >= 4 is 35.4 Å². The van der Waals surface area contributed by atoms with Crippen molar-refractivity contribution in [2.24, 2.45) is 0 Å². The number of carbonyl (C=O) groups is 2. The number of aliphatic hydroxyl groups excluding tert-OH is 3. The van der Waals surface area contributed by atoms with Gasteiger partial charge >= 0.3 is 35.4 Å². The van der Waals surface area contributed by atoms with Gasteiger partial charge in [0.15, 0.2) is 6.10 Å². The van der Waals surface area contributed by atoms with Crippen molar-refractivity contribution in [3.63, 3.8) is 0 Å². The van der Waals surface area contributed by atoms with Crippen LogP contribution in [-0.4, -0.2) is 108 Å². The Morgan fingerprint density at radius 2 is 0.866 bits per heavy atom. The maximum absolute atomic E-state index is 13.1. The Bertz CT molecular complexity index is 1500. The molecule has 0 saturated heterocycles. The van der Waals surface area contributed by atoms with E-state index in [9.17, 15) is 63.1 Å². The normalized spacial score (nSPS) is 21.8. The molecule has 8 atom stereocenters. The van der Waals surface area contributed by atoms with Gasteiger partial charge in [0.1, 0.15) is 43.2 Å². The van der Waals surface area contributed by atoms with Gasteiger partial charge in [0.2, 0.25) is 0 Å². The number of ether oxygens (including phenoxy) is 2. The second kappa shape index (κ2) is 37.4. The molecule has 0 aromatic carbocycles. The Morgan fingerprint density at radius 3 is 1.34 bits per heavy atom. The standard InChI is InChI=1S/C45H85O19P3/c1-3-5-7-9-11-13-15-17-18-19-20-22-24-26-28-30-32-34-39(47)61-37(35-59-38(46)33-31-29-27-25-23-21-16-14-12-10-8-6-4-2)36-60-67(57,58)64-43-40(48)41(49)44(62-65(51,52)53)45(42(43)50)63-66(54,55)56/h11,13,17-18,37,40-45,48-50H,3-10,12,14-16,19-36H2,1-2H3,(H,57,58)(H2,51,52,53)(H2,54,55,56). The molecule has 0 bridgehead atoms. The van der Waals surface area contributed by atoms with Crippen LogP contribution in [-0.2, 0) is 50.9 Å². The summed E-state index contributed by atoms with van der Waals surface area (Å²) in [5.74, 6) is -1.30.